The number of ether oxygens (including phenoxy) is 1. The van der Waals surface area contributed by atoms with Crippen LogP contribution in [0.1, 0.15) is 32.4 Å². The standard InChI is InChI=1S/C15H18IN3O2/c1-4-21-11-7-9(5-6-10(11)20)15-18-13(8(2)3)12(16)14(17)19-15/h5-8,20H,4H2,1-3H3,(H2,17,18,19). The van der Waals surface area contributed by atoms with Crippen molar-refractivity contribution in [3.05, 3.63) is 27.5 Å². The second-order valence-electron chi connectivity index (χ2n) is 4.90. The maximum absolute atomic E-state index is 9.76. The van der Waals surface area contributed by atoms with Gasteiger partial charge in [0.15, 0.2) is 17.3 Å². The summed E-state index contributed by atoms with van der Waals surface area (Å²) in [4.78, 5) is 8.94. The number of anilines is 1. The summed E-state index contributed by atoms with van der Waals surface area (Å²) in [6, 6.07) is 5.06. The molecule has 1 heterocycles. The first kappa shape index (κ1) is 15.8. The van der Waals surface area contributed by atoms with E-state index in [1.807, 2.05) is 6.92 Å². The molecule has 0 spiro atoms. The summed E-state index contributed by atoms with van der Waals surface area (Å²) in [6.07, 6.45) is 0. The van der Waals surface area contributed by atoms with Crippen molar-refractivity contribution in [3.8, 4) is 22.9 Å². The van der Waals surface area contributed by atoms with Gasteiger partial charge in [-0.25, -0.2) is 9.97 Å². The first-order valence-corrected chi connectivity index (χ1v) is 7.81. The van der Waals surface area contributed by atoms with Crippen LogP contribution < -0.4 is 10.5 Å². The molecule has 1 aromatic carbocycles. The molecular formula is C15H18IN3O2. The summed E-state index contributed by atoms with van der Waals surface area (Å²) in [7, 11) is 0. The largest absolute Gasteiger partial charge is 0.504 e. The zero-order chi connectivity index (χ0) is 15.6. The fourth-order valence-corrected chi connectivity index (χ4v) is 2.78. The molecule has 0 aliphatic heterocycles. The van der Waals surface area contributed by atoms with Crippen molar-refractivity contribution in [1.82, 2.24) is 9.97 Å². The van der Waals surface area contributed by atoms with E-state index >= 15 is 0 Å². The third-order valence-electron chi connectivity index (χ3n) is 2.97. The third kappa shape index (κ3) is 3.37. The molecule has 112 valence electrons. The molecular weight excluding hydrogens is 381 g/mol. The lowest BCUT2D eigenvalue weighted by Gasteiger charge is -2.12. The predicted octanol–water partition coefficient (Wildman–Crippen LogP) is 3.56. The smallest absolute Gasteiger partial charge is 0.161 e. The molecule has 0 saturated heterocycles. The Bertz CT molecular complexity index is 660. The number of halogens is 1. The molecule has 21 heavy (non-hydrogen) atoms. The minimum absolute atomic E-state index is 0.100. The van der Waals surface area contributed by atoms with E-state index in [4.69, 9.17) is 10.5 Å². The van der Waals surface area contributed by atoms with Crippen LogP contribution in [0, 0.1) is 3.57 Å². The Balaban J connectivity index is 2.54. The quantitative estimate of drug-likeness (QED) is 0.769. The normalized spacial score (nSPS) is 10.9. The number of nitrogen functional groups attached to an aromatic ring is 1. The number of benzene rings is 1. The van der Waals surface area contributed by atoms with Gasteiger partial charge >= 0.3 is 0 Å². The Hall–Kier alpha value is -1.57. The first-order chi connectivity index (χ1) is 9.93. The minimum Gasteiger partial charge on any atom is -0.504 e. The maximum Gasteiger partial charge on any atom is 0.161 e. The lowest BCUT2D eigenvalue weighted by atomic mass is 10.1. The molecule has 0 bridgehead atoms. The maximum atomic E-state index is 9.76. The van der Waals surface area contributed by atoms with Crippen molar-refractivity contribution < 1.29 is 9.84 Å². The average Bonchev–Trinajstić information content (AvgIpc) is 2.44. The fraction of sp³-hybridized carbons (Fsp3) is 0.333. The van der Waals surface area contributed by atoms with Gasteiger partial charge in [-0.3, -0.25) is 0 Å². The highest BCUT2D eigenvalue weighted by Gasteiger charge is 2.15. The van der Waals surface area contributed by atoms with Crippen LogP contribution in [0.4, 0.5) is 5.82 Å². The molecule has 1 aromatic heterocycles. The SMILES string of the molecule is CCOc1cc(-c2nc(N)c(I)c(C(C)C)n2)ccc1O. The van der Waals surface area contributed by atoms with E-state index in [9.17, 15) is 5.11 Å². The highest BCUT2D eigenvalue weighted by molar-refractivity contribution is 14.1. The number of aromatic nitrogens is 2. The van der Waals surface area contributed by atoms with Gasteiger partial charge in [0.05, 0.1) is 15.9 Å². The molecule has 0 amide bonds. The summed E-state index contributed by atoms with van der Waals surface area (Å²) < 4.78 is 6.28. The molecule has 0 radical (unpaired) electrons. The number of nitrogens with zero attached hydrogens (tertiary/aromatic N) is 2. The molecule has 0 atom stereocenters. The number of rotatable bonds is 4. The van der Waals surface area contributed by atoms with E-state index < -0.39 is 0 Å². The Morgan fingerprint density at radius 2 is 2.05 bits per heavy atom. The molecule has 2 aromatic rings. The van der Waals surface area contributed by atoms with E-state index in [1.54, 1.807) is 18.2 Å². The van der Waals surface area contributed by atoms with Crippen LogP contribution in [-0.4, -0.2) is 21.7 Å². The molecule has 2 rings (SSSR count). The molecule has 0 saturated carbocycles. The number of aromatic hydroxyl groups is 1. The molecule has 0 unspecified atom stereocenters. The Morgan fingerprint density at radius 3 is 2.67 bits per heavy atom. The van der Waals surface area contributed by atoms with Crippen molar-refractivity contribution in [2.24, 2.45) is 0 Å². The zero-order valence-corrected chi connectivity index (χ0v) is 14.4. The van der Waals surface area contributed by atoms with Gasteiger partial charge in [0.1, 0.15) is 5.82 Å². The van der Waals surface area contributed by atoms with Crippen molar-refractivity contribution in [2.45, 2.75) is 26.7 Å². The Labute approximate surface area is 137 Å². The van der Waals surface area contributed by atoms with E-state index in [2.05, 4.69) is 46.4 Å². The van der Waals surface area contributed by atoms with Gasteiger partial charge in [0.25, 0.3) is 0 Å². The van der Waals surface area contributed by atoms with E-state index in [1.165, 1.54) is 0 Å². The summed E-state index contributed by atoms with van der Waals surface area (Å²) in [5.74, 6) is 1.78. The number of hydrogen-bond donors (Lipinski definition) is 2. The van der Waals surface area contributed by atoms with Crippen molar-refractivity contribution in [2.75, 3.05) is 12.3 Å². The average molecular weight is 399 g/mol. The third-order valence-corrected chi connectivity index (χ3v) is 4.07. The van der Waals surface area contributed by atoms with Crippen LogP contribution in [0.15, 0.2) is 18.2 Å². The molecule has 0 fully saturated rings. The summed E-state index contributed by atoms with van der Waals surface area (Å²) >= 11 is 2.17. The van der Waals surface area contributed by atoms with Crippen LogP contribution in [0.5, 0.6) is 11.5 Å². The van der Waals surface area contributed by atoms with Gasteiger partial charge < -0.3 is 15.6 Å². The second kappa shape index (κ2) is 6.46. The number of nitrogens with two attached hydrogens (primary N) is 1. The minimum atomic E-state index is 0.100. The summed E-state index contributed by atoms with van der Waals surface area (Å²) in [5.41, 5.74) is 7.67. The lowest BCUT2D eigenvalue weighted by molar-refractivity contribution is 0.318. The van der Waals surface area contributed by atoms with Gasteiger partial charge in [-0.15, -0.1) is 0 Å². The molecule has 3 N–H and O–H groups in total. The van der Waals surface area contributed by atoms with Crippen LogP contribution in [0.25, 0.3) is 11.4 Å². The van der Waals surface area contributed by atoms with Crippen LogP contribution >= 0.6 is 22.6 Å². The Morgan fingerprint density at radius 1 is 1.33 bits per heavy atom. The van der Waals surface area contributed by atoms with Gasteiger partial charge in [-0.1, -0.05) is 13.8 Å². The monoisotopic (exact) mass is 399 g/mol. The van der Waals surface area contributed by atoms with Crippen molar-refractivity contribution >= 4 is 28.4 Å². The second-order valence-corrected chi connectivity index (χ2v) is 5.98. The van der Waals surface area contributed by atoms with Crippen LogP contribution in [-0.2, 0) is 0 Å². The molecule has 0 aliphatic rings. The van der Waals surface area contributed by atoms with Crippen molar-refractivity contribution in [3.63, 3.8) is 0 Å². The van der Waals surface area contributed by atoms with Gasteiger partial charge in [0, 0.05) is 5.56 Å². The zero-order valence-electron chi connectivity index (χ0n) is 12.2. The Kier molecular flexibility index (Phi) is 4.87. The van der Waals surface area contributed by atoms with Crippen molar-refractivity contribution in [1.29, 1.82) is 0 Å². The topological polar surface area (TPSA) is 81.3 Å². The number of phenolic OH excluding ortho intramolecular Hbond substituents is 1. The van der Waals surface area contributed by atoms with Gasteiger partial charge in [0.2, 0.25) is 0 Å². The first-order valence-electron chi connectivity index (χ1n) is 6.73. The fourth-order valence-electron chi connectivity index (χ4n) is 1.92. The molecule has 6 heteroatoms. The van der Waals surface area contributed by atoms with Gasteiger partial charge in [-0.05, 0) is 53.6 Å². The number of phenols is 1. The number of hydrogen-bond acceptors (Lipinski definition) is 5. The van der Waals surface area contributed by atoms with Crippen LogP contribution in [0.2, 0.25) is 0 Å². The van der Waals surface area contributed by atoms with Gasteiger partial charge in [-0.2, -0.15) is 0 Å². The molecule has 0 aliphatic carbocycles. The van der Waals surface area contributed by atoms with E-state index in [0.717, 1.165) is 14.8 Å². The van der Waals surface area contributed by atoms with E-state index in [0.29, 0.717) is 24.0 Å². The molecule has 5 nitrogen and oxygen atoms in total. The predicted molar refractivity (Wildman–Crippen MR) is 91.5 cm³/mol. The summed E-state index contributed by atoms with van der Waals surface area (Å²) in [6.45, 7) is 6.47. The summed E-state index contributed by atoms with van der Waals surface area (Å²) in [5, 5.41) is 9.76. The lowest BCUT2D eigenvalue weighted by Crippen LogP contribution is -2.06. The highest BCUT2D eigenvalue weighted by Crippen LogP contribution is 2.32. The van der Waals surface area contributed by atoms with Crippen LogP contribution in [0.3, 0.4) is 0 Å². The van der Waals surface area contributed by atoms with E-state index in [-0.39, 0.29) is 11.7 Å². The highest BCUT2D eigenvalue weighted by atomic mass is 127.